The normalized spacial score (nSPS) is 12.9. The maximum atomic E-state index is 13.9. The van der Waals surface area contributed by atoms with Crippen LogP contribution in [-0.2, 0) is 0 Å². The van der Waals surface area contributed by atoms with E-state index in [1.54, 1.807) is 48.3 Å². The van der Waals surface area contributed by atoms with Gasteiger partial charge >= 0.3 is 0 Å². The first-order valence-electron chi connectivity index (χ1n) is 11.4. The predicted octanol–water partition coefficient (Wildman–Crippen LogP) is 6.66. The van der Waals surface area contributed by atoms with Crippen molar-refractivity contribution in [3.63, 3.8) is 0 Å². The number of carbonyl (C=O) groups is 1. The molecule has 3 aromatic carbocycles. The zero-order valence-electron chi connectivity index (χ0n) is 19.8. The average molecular weight is 539 g/mol. The summed E-state index contributed by atoms with van der Waals surface area (Å²) in [5.41, 5.74) is 2.12. The van der Waals surface area contributed by atoms with E-state index in [9.17, 15) is 13.6 Å². The lowest BCUT2D eigenvalue weighted by atomic mass is 10.0. The number of aryl methyl sites for hydroxylation is 1. The number of hydrogen-bond acceptors (Lipinski definition) is 5. The van der Waals surface area contributed by atoms with Gasteiger partial charge in [0.15, 0.2) is 5.01 Å². The standard InChI is InChI=1S/C27H21ClF2N4O2S/c1-15-13-31-27(37-15)26(35)33-16(2)25(17-3-9-23(30)22(28)12-17)36-21-8-10-24-18(11-21)14-32-34(24)20-6-4-19(29)5-7-20/h3-14,16,25H,1-2H3,(H,33,35)/t16-,25+/m0/s1. The Morgan fingerprint density at radius 2 is 1.86 bits per heavy atom. The molecule has 6 nitrogen and oxygen atoms in total. The summed E-state index contributed by atoms with van der Waals surface area (Å²) in [6, 6.07) is 15.3. The van der Waals surface area contributed by atoms with E-state index in [0.717, 1.165) is 21.5 Å². The van der Waals surface area contributed by atoms with Crippen molar-refractivity contribution in [2.24, 2.45) is 0 Å². The van der Waals surface area contributed by atoms with Crippen molar-refractivity contribution in [1.29, 1.82) is 0 Å². The second kappa shape index (κ2) is 10.3. The van der Waals surface area contributed by atoms with Gasteiger partial charge in [-0.1, -0.05) is 17.7 Å². The van der Waals surface area contributed by atoms with Crippen molar-refractivity contribution in [2.45, 2.75) is 26.0 Å². The monoisotopic (exact) mass is 538 g/mol. The third-order valence-corrected chi connectivity index (χ3v) is 6.98. The van der Waals surface area contributed by atoms with Crippen LogP contribution in [0, 0.1) is 18.6 Å². The molecule has 5 aromatic rings. The number of hydrogen-bond donors (Lipinski definition) is 1. The summed E-state index contributed by atoms with van der Waals surface area (Å²) in [6.45, 7) is 3.67. The van der Waals surface area contributed by atoms with Crippen molar-refractivity contribution in [3.05, 3.63) is 105 Å². The summed E-state index contributed by atoms with van der Waals surface area (Å²) in [6.07, 6.45) is 2.64. The first-order chi connectivity index (χ1) is 17.8. The van der Waals surface area contributed by atoms with Crippen LogP contribution in [0.25, 0.3) is 16.6 Å². The number of ether oxygens (including phenoxy) is 1. The second-order valence-corrected chi connectivity index (χ2v) is 10.1. The summed E-state index contributed by atoms with van der Waals surface area (Å²) in [4.78, 5) is 17.8. The van der Waals surface area contributed by atoms with Crippen LogP contribution in [0.15, 0.2) is 73.1 Å². The van der Waals surface area contributed by atoms with Gasteiger partial charge in [0, 0.05) is 16.5 Å². The Morgan fingerprint density at radius 3 is 2.57 bits per heavy atom. The zero-order chi connectivity index (χ0) is 26.1. The number of benzene rings is 3. The number of amides is 1. The molecule has 0 saturated carbocycles. The number of rotatable bonds is 7. The Balaban J connectivity index is 1.44. The number of nitrogens with one attached hydrogen (secondary N) is 1. The third kappa shape index (κ3) is 5.33. The summed E-state index contributed by atoms with van der Waals surface area (Å²) in [5, 5.41) is 8.45. The topological polar surface area (TPSA) is 69.0 Å². The molecule has 0 radical (unpaired) electrons. The minimum Gasteiger partial charge on any atom is -0.484 e. The maximum Gasteiger partial charge on any atom is 0.280 e. The highest BCUT2D eigenvalue weighted by atomic mass is 35.5. The second-order valence-electron chi connectivity index (χ2n) is 8.50. The van der Waals surface area contributed by atoms with Gasteiger partial charge in [-0.25, -0.2) is 18.4 Å². The van der Waals surface area contributed by atoms with Gasteiger partial charge in [0.05, 0.1) is 28.5 Å². The Morgan fingerprint density at radius 1 is 1.08 bits per heavy atom. The van der Waals surface area contributed by atoms with Gasteiger partial charge in [0.1, 0.15) is 23.5 Å². The number of nitrogens with zero attached hydrogens (tertiary/aromatic N) is 3. The van der Waals surface area contributed by atoms with E-state index in [-0.39, 0.29) is 16.7 Å². The molecule has 1 amide bonds. The van der Waals surface area contributed by atoms with Crippen LogP contribution >= 0.6 is 22.9 Å². The SMILES string of the molecule is Cc1cnc(C(=O)N[C@@H](C)[C@@H](Oc2ccc3c(cnn3-c3ccc(F)cc3)c2)c2ccc(F)c(Cl)c2)s1. The van der Waals surface area contributed by atoms with Crippen molar-refractivity contribution in [1.82, 2.24) is 20.1 Å². The molecule has 0 bridgehead atoms. The highest BCUT2D eigenvalue weighted by Gasteiger charge is 2.26. The third-order valence-electron chi connectivity index (χ3n) is 5.77. The van der Waals surface area contributed by atoms with E-state index in [2.05, 4.69) is 15.4 Å². The molecular formula is C27H21ClF2N4O2S. The number of fused-ring (bicyclic) bond motifs is 1. The summed E-state index contributed by atoms with van der Waals surface area (Å²) >= 11 is 7.35. The maximum absolute atomic E-state index is 13.9. The molecule has 0 spiro atoms. The Hall–Kier alpha value is -3.82. The molecule has 0 unspecified atom stereocenters. The highest BCUT2D eigenvalue weighted by Crippen LogP contribution is 2.31. The Kier molecular flexibility index (Phi) is 6.90. The fraction of sp³-hybridized carbons (Fsp3) is 0.148. The first kappa shape index (κ1) is 24.9. The lowest BCUT2D eigenvalue weighted by Crippen LogP contribution is -2.39. The molecule has 2 heterocycles. The van der Waals surface area contributed by atoms with Crippen LogP contribution in [0.3, 0.4) is 0 Å². The van der Waals surface area contributed by atoms with Crippen molar-refractivity contribution >= 4 is 39.7 Å². The quantitative estimate of drug-likeness (QED) is 0.251. The fourth-order valence-corrected chi connectivity index (χ4v) is 4.83. The largest absolute Gasteiger partial charge is 0.484 e. The molecule has 0 aliphatic heterocycles. The molecule has 0 fully saturated rings. The highest BCUT2D eigenvalue weighted by molar-refractivity contribution is 7.13. The number of halogens is 3. The van der Waals surface area contributed by atoms with E-state index in [4.69, 9.17) is 16.3 Å². The van der Waals surface area contributed by atoms with Crippen LogP contribution in [0.5, 0.6) is 5.75 Å². The molecular weight excluding hydrogens is 518 g/mol. The van der Waals surface area contributed by atoms with Gasteiger partial charge < -0.3 is 10.1 Å². The molecule has 0 aliphatic rings. The Bertz CT molecular complexity index is 1590. The zero-order valence-corrected chi connectivity index (χ0v) is 21.4. The molecule has 5 rings (SSSR count). The summed E-state index contributed by atoms with van der Waals surface area (Å²) in [7, 11) is 0. The van der Waals surface area contributed by atoms with Gasteiger partial charge in [-0.2, -0.15) is 5.10 Å². The van der Waals surface area contributed by atoms with Gasteiger partial charge in [-0.15, -0.1) is 11.3 Å². The summed E-state index contributed by atoms with van der Waals surface area (Å²) in [5.74, 6) is -0.686. The summed E-state index contributed by atoms with van der Waals surface area (Å²) < 4.78 is 35.3. The number of thiazole rings is 1. The van der Waals surface area contributed by atoms with Crippen LogP contribution < -0.4 is 10.1 Å². The van der Waals surface area contributed by atoms with Gasteiger partial charge in [0.25, 0.3) is 5.91 Å². The molecule has 188 valence electrons. The lowest BCUT2D eigenvalue weighted by molar-refractivity contribution is 0.0881. The van der Waals surface area contributed by atoms with E-state index in [1.807, 2.05) is 19.1 Å². The van der Waals surface area contributed by atoms with E-state index in [0.29, 0.717) is 16.3 Å². The smallest absolute Gasteiger partial charge is 0.280 e. The molecule has 10 heteroatoms. The minimum atomic E-state index is -0.687. The molecule has 37 heavy (non-hydrogen) atoms. The molecule has 1 N–H and O–H groups in total. The van der Waals surface area contributed by atoms with Gasteiger partial charge in [-0.3, -0.25) is 4.79 Å². The van der Waals surface area contributed by atoms with Crippen LogP contribution in [-0.4, -0.2) is 26.7 Å². The van der Waals surface area contributed by atoms with Crippen LogP contribution in [0.1, 0.15) is 33.3 Å². The molecule has 0 saturated heterocycles. The number of aromatic nitrogens is 3. The predicted molar refractivity (Wildman–Crippen MR) is 140 cm³/mol. The molecule has 2 aromatic heterocycles. The van der Waals surface area contributed by atoms with Gasteiger partial charge in [-0.05, 0) is 74.0 Å². The first-order valence-corrected chi connectivity index (χ1v) is 12.6. The van der Waals surface area contributed by atoms with Crippen molar-refractivity contribution < 1.29 is 18.3 Å². The van der Waals surface area contributed by atoms with Crippen molar-refractivity contribution in [2.75, 3.05) is 0 Å². The van der Waals surface area contributed by atoms with E-state index < -0.39 is 18.0 Å². The van der Waals surface area contributed by atoms with Crippen molar-refractivity contribution in [3.8, 4) is 11.4 Å². The minimum absolute atomic E-state index is 0.0452. The number of carbonyl (C=O) groups excluding carboxylic acids is 1. The fourth-order valence-electron chi connectivity index (χ4n) is 3.97. The van der Waals surface area contributed by atoms with Gasteiger partial charge in [0.2, 0.25) is 0 Å². The van der Waals surface area contributed by atoms with E-state index >= 15 is 0 Å². The molecule has 2 atom stereocenters. The van der Waals surface area contributed by atoms with Crippen LogP contribution in [0.2, 0.25) is 5.02 Å². The van der Waals surface area contributed by atoms with E-state index in [1.165, 1.54) is 35.6 Å². The average Bonchev–Trinajstić information content (AvgIpc) is 3.51. The van der Waals surface area contributed by atoms with Crippen LogP contribution in [0.4, 0.5) is 8.78 Å². The molecule has 0 aliphatic carbocycles. The lowest BCUT2D eigenvalue weighted by Gasteiger charge is -2.26. The Labute approximate surface area is 220 Å².